The topological polar surface area (TPSA) is 32.3 Å². The molecule has 0 amide bonds. The molecule has 1 aliphatic rings. The summed E-state index contributed by atoms with van der Waals surface area (Å²) in [5.74, 6) is 1.89. The quantitative estimate of drug-likeness (QED) is 0.725. The Morgan fingerprint density at radius 1 is 1.08 bits per heavy atom. The summed E-state index contributed by atoms with van der Waals surface area (Å²) in [5.41, 5.74) is 1.02. The first-order valence-corrected chi connectivity index (χ1v) is 9.32. The van der Waals surface area contributed by atoms with Crippen LogP contribution in [0, 0.1) is 0 Å². The third kappa shape index (κ3) is 2.89. The van der Waals surface area contributed by atoms with Crippen LogP contribution in [0.15, 0.2) is 41.8 Å². The van der Waals surface area contributed by atoms with Crippen molar-refractivity contribution in [1.82, 2.24) is 14.9 Å². The van der Waals surface area contributed by atoms with Crippen molar-refractivity contribution < 1.29 is 0 Å². The molecule has 0 saturated carbocycles. The van der Waals surface area contributed by atoms with Crippen LogP contribution < -0.4 is 4.90 Å². The number of para-hydroxylation sites is 1. The van der Waals surface area contributed by atoms with Crippen molar-refractivity contribution in [2.45, 2.75) is 18.9 Å². The Kier molecular flexibility index (Phi) is 4.21. The van der Waals surface area contributed by atoms with Crippen molar-refractivity contribution in [3.63, 3.8) is 0 Å². The van der Waals surface area contributed by atoms with Gasteiger partial charge in [-0.3, -0.25) is 0 Å². The molecule has 1 saturated heterocycles. The van der Waals surface area contributed by atoms with Crippen LogP contribution in [-0.2, 0) is 0 Å². The van der Waals surface area contributed by atoms with Gasteiger partial charge in [-0.25, -0.2) is 9.97 Å². The molecule has 0 atom stereocenters. The van der Waals surface area contributed by atoms with E-state index in [1.807, 2.05) is 6.07 Å². The molecule has 1 aromatic carbocycles. The molecule has 0 bridgehead atoms. The van der Waals surface area contributed by atoms with Crippen LogP contribution in [-0.4, -0.2) is 48.1 Å². The van der Waals surface area contributed by atoms with Gasteiger partial charge in [-0.15, -0.1) is 11.3 Å². The Labute approximate surface area is 146 Å². The summed E-state index contributed by atoms with van der Waals surface area (Å²) in [7, 11) is 4.38. The Bertz CT molecular complexity index is 823. The minimum absolute atomic E-state index is 0.538. The normalized spacial score (nSPS) is 16.6. The predicted molar refractivity (Wildman–Crippen MR) is 102 cm³/mol. The van der Waals surface area contributed by atoms with Gasteiger partial charge in [0.15, 0.2) is 5.82 Å². The zero-order valence-electron chi connectivity index (χ0n) is 14.1. The van der Waals surface area contributed by atoms with Gasteiger partial charge in [-0.1, -0.05) is 18.2 Å². The highest BCUT2D eigenvalue weighted by Crippen LogP contribution is 2.31. The molecule has 5 heteroatoms. The lowest BCUT2D eigenvalue weighted by Crippen LogP contribution is -2.42. The summed E-state index contributed by atoms with van der Waals surface area (Å²) >= 11 is 1.69. The van der Waals surface area contributed by atoms with Gasteiger partial charge in [0.25, 0.3) is 0 Å². The second-order valence-corrected chi connectivity index (χ2v) is 7.46. The number of hydrogen-bond donors (Lipinski definition) is 0. The standard InChI is InChI=1S/C19H22N4S/c1-22-11-9-14(10-12-22)23(2)19-15-6-3-4-7-16(15)20-18(21-19)17-8-5-13-24-17/h3-8,13-14H,9-12H2,1-2H3. The molecule has 0 radical (unpaired) electrons. The van der Waals surface area contributed by atoms with Crippen molar-refractivity contribution in [2.75, 3.05) is 32.1 Å². The van der Waals surface area contributed by atoms with Gasteiger partial charge in [0.05, 0.1) is 10.4 Å². The maximum Gasteiger partial charge on any atom is 0.172 e. The number of thiophene rings is 1. The molecular formula is C19H22N4S. The van der Waals surface area contributed by atoms with Gasteiger partial charge in [0, 0.05) is 18.5 Å². The van der Waals surface area contributed by atoms with E-state index in [0.717, 1.165) is 40.5 Å². The predicted octanol–water partition coefficient (Wildman–Crippen LogP) is 3.89. The zero-order valence-corrected chi connectivity index (χ0v) is 15.0. The van der Waals surface area contributed by atoms with Crippen molar-refractivity contribution in [3.05, 3.63) is 41.8 Å². The zero-order chi connectivity index (χ0) is 16.5. The van der Waals surface area contributed by atoms with E-state index >= 15 is 0 Å². The molecule has 4 rings (SSSR count). The molecule has 0 unspecified atom stereocenters. The molecule has 24 heavy (non-hydrogen) atoms. The molecular weight excluding hydrogens is 316 g/mol. The average molecular weight is 338 g/mol. The summed E-state index contributed by atoms with van der Waals surface area (Å²) in [5, 5.41) is 3.22. The van der Waals surface area contributed by atoms with Gasteiger partial charge in [-0.2, -0.15) is 0 Å². The number of aromatic nitrogens is 2. The lowest BCUT2D eigenvalue weighted by Gasteiger charge is -2.36. The SMILES string of the molecule is CN1CCC(N(C)c2nc(-c3cccs3)nc3ccccc23)CC1. The molecule has 2 aromatic heterocycles. The van der Waals surface area contributed by atoms with Crippen LogP contribution in [0.25, 0.3) is 21.6 Å². The number of piperidine rings is 1. The van der Waals surface area contributed by atoms with Gasteiger partial charge in [0.1, 0.15) is 5.82 Å². The van der Waals surface area contributed by atoms with E-state index in [1.54, 1.807) is 11.3 Å². The summed E-state index contributed by atoms with van der Waals surface area (Å²) in [4.78, 5) is 15.6. The van der Waals surface area contributed by atoms with E-state index in [0.29, 0.717) is 6.04 Å². The lowest BCUT2D eigenvalue weighted by molar-refractivity contribution is 0.252. The fraction of sp³-hybridized carbons (Fsp3) is 0.368. The van der Waals surface area contributed by atoms with E-state index in [1.165, 1.54) is 12.8 Å². The second kappa shape index (κ2) is 6.49. The fourth-order valence-electron chi connectivity index (χ4n) is 3.40. The molecule has 4 nitrogen and oxygen atoms in total. The number of anilines is 1. The Morgan fingerprint density at radius 2 is 1.88 bits per heavy atom. The largest absolute Gasteiger partial charge is 0.356 e. The van der Waals surface area contributed by atoms with Crippen molar-refractivity contribution in [1.29, 1.82) is 0 Å². The maximum absolute atomic E-state index is 4.95. The van der Waals surface area contributed by atoms with Crippen LogP contribution >= 0.6 is 11.3 Å². The smallest absolute Gasteiger partial charge is 0.172 e. The van der Waals surface area contributed by atoms with E-state index in [4.69, 9.17) is 9.97 Å². The van der Waals surface area contributed by atoms with E-state index in [2.05, 4.69) is 59.6 Å². The van der Waals surface area contributed by atoms with Crippen LogP contribution in [0.2, 0.25) is 0 Å². The van der Waals surface area contributed by atoms with Crippen LogP contribution in [0.3, 0.4) is 0 Å². The molecule has 1 aliphatic heterocycles. The van der Waals surface area contributed by atoms with E-state index in [9.17, 15) is 0 Å². The van der Waals surface area contributed by atoms with Crippen molar-refractivity contribution in [3.8, 4) is 10.7 Å². The molecule has 0 N–H and O–H groups in total. The summed E-state index contributed by atoms with van der Waals surface area (Å²) in [6.45, 7) is 2.30. The lowest BCUT2D eigenvalue weighted by atomic mass is 10.0. The fourth-order valence-corrected chi connectivity index (χ4v) is 4.06. The molecule has 0 spiro atoms. The molecule has 1 fully saturated rings. The minimum Gasteiger partial charge on any atom is -0.356 e. The molecule has 3 aromatic rings. The number of rotatable bonds is 3. The highest BCUT2D eigenvalue weighted by atomic mass is 32.1. The number of hydrogen-bond acceptors (Lipinski definition) is 5. The number of benzene rings is 1. The summed E-state index contributed by atoms with van der Waals surface area (Å²) < 4.78 is 0. The first-order valence-electron chi connectivity index (χ1n) is 8.44. The Morgan fingerprint density at radius 3 is 2.62 bits per heavy atom. The summed E-state index contributed by atoms with van der Waals surface area (Å²) in [6, 6.07) is 13.0. The Balaban J connectivity index is 1.78. The Hall–Kier alpha value is -1.98. The van der Waals surface area contributed by atoms with E-state index in [-0.39, 0.29) is 0 Å². The first kappa shape index (κ1) is 15.5. The number of fused-ring (bicyclic) bond motifs is 1. The van der Waals surface area contributed by atoms with Crippen molar-refractivity contribution in [2.24, 2.45) is 0 Å². The summed E-state index contributed by atoms with van der Waals surface area (Å²) in [6.07, 6.45) is 2.36. The van der Waals surface area contributed by atoms with Gasteiger partial charge in [-0.05, 0) is 56.6 Å². The number of nitrogens with zero attached hydrogens (tertiary/aromatic N) is 4. The maximum atomic E-state index is 4.95. The van der Waals surface area contributed by atoms with E-state index < -0.39 is 0 Å². The first-order chi connectivity index (χ1) is 11.7. The van der Waals surface area contributed by atoms with Crippen molar-refractivity contribution >= 4 is 28.1 Å². The van der Waals surface area contributed by atoms with Crippen LogP contribution in [0.4, 0.5) is 5.82 Å². The number of likely N-dealkylation sites (tertiary alicyclic amines) is 1. The highest BCUT2D eigenvalue weighted by molar-refractivity contribution is 7.13. The van der Waals surface area contributed by atoms with Crippen LogP contribution in [0.1, 0.15) is 12.8 Å². The average Bonchev–Trinajstić information content (AvgIpc) is 3.15. The minimum atomic E-state index is 0.538. The third-order valence-electron chi connectivity index (χ3n) is 4.89. The third-order valence-corrected chi connectivity index (χ3v) is 5.76. The van der Waals surface area contributed by atoms with Crippen LogP contribution in [0.5, 0.6) is 0 Å². The molecule has 3 heterocycles. The van der Waals surface area contributed by atoms with Gasteiger partial charge in [0.2, 0.25) is 0 Å². The molecule has 124 valence electrons. The second-order valence-electron chi connectivity index (χ2n) is 6.51. The van der Waals surface area contributed by atoms with Gasteiger partial charge < -0.3 is 9.80 Å². The van der Waals surface area contributed by atoms with Gasteiger partial charge >= 0.3 is 0 Å². The molecule has 0 aliphatic carbocycles. The highest BCUT2D eigenvalue weighted by Gasteiger charge is 2.23. The monoisotopic (exact) mass is 338 g/mol.